The molecular weight excluding hydrogens is 428 g/mol. The maximum atomic E-state index is 12.7. The van der Waals surface area contributed by atoms with Crippen LogP contribution in [-0.4, -0.2) is 34.2 Å². The second kappa shape index (κ2) is 11.1. The van der Waals surface area contributed by atoms with Crippen LogP contribution in [0.4, 0.5) is 5.69 Å². The number of thioether (sulfide) groups is 1. The van der Waals surface area contributed by atoms with E-state index in [4.69, 9.17) is 17.0 Å². The summed E-state index contributed by atoms with van der Waals surface area (Å²) in [6.45, 7) is 5.06. The molecule has 162 valence electrons. The smallest absolute Gasteiger partial charge is 0.266 e. The van der Waals surface area contributed by atoms with Crippen molar-refractivity contribution < 1.29 is 14.3 Å². The van der Waals surface area contributed by atoms with Gasteiger partial charge in [-0.15, -0.1) is 0 Å². The van der Waals surface area contributed by atoms with Crippen LogP contribution in [0.15, 0.2) is 53.4 Å². The van der Waals surface area contributed by atoms with Crippen LogP contribution in [0.3, 0.4) is 0 Å². The molecular formula is C24H26N2O3S2. The molecule has 1 saturated heterocycles. The van der Waals surface area contributed by atoms with Crippen LogP contribution < -0.4 is 10.1 Å². The molecule has 2 aromatic carbocycles. The first kappa shape index (κ1) is 23.0. The Bertz CT molecular complexity index is 969. The fourth-order valence-electron chi connectivity index (χ4n) is 3.12. The van der Waals surface area contributed by atoms with Crippen molar-refractivity contribution in [2.24, 2.45) is 0 Å². The van der Waals surface area contributed by atoms with Gasteiger partial charge in [0.25, 0.3) is 5.91 Å². The Labute approximate surface area is 192 Å². The number of nitrogens with zero attached hydrogens (tertiary/aromatic N) is 1. The second-order valence-corrected chi connectivity index (χ2v) is 8.71. The van der Waals surface area contributed by atoms with E-state index >= 15 is 0 Å². The number of benzene rings is 2. The minimum absolute atomic E-state index is 0.0958. The van der Waals surface area contributed by atoms with Crippen LogP contribution >= 0.6 is 24.0 Å². The van der Waals surface area contributed by atoms with Crippen LogP contribution in [0.1, 0.15) is 37.8 Å². The summed E-state index contributed by atoms with van der Waals surface area (Å²) in [6.07, 6.45) is 3.70. The summed E-state index contributed by atoms with van der Waals surface area (Å²) in [5.74, 6) is 0.576. The van der Waals surface area contributed by atoms with E-state index in [0.29, 0.717) is 35.2 Å². The van der Waals surface area contributed by atoms with Crippen molar-refractivity contribution in [2.75, 3.05) is 18.5 Å². The lowest BCUT2D eigenvalue weighted by molar-refractivity contribution is -0.122. The average Bonchev–Trinajstić information content (AvgIpc) is 3.03. The van der Waals surface area contributed by atoms with Gasteiger partial charge in [-0.25, -0.2) is 0 Å². The van der Waals surface area contributed by atoms with Gasteiger partial charge in [0.05, 0.1) is 11.5 Å². The molecule has 0 atom stereocenters. The lowest BCUT2D eigenvalue weighted by atomic mass is 10.1. The lowest BCUT2D eigenvalue weighted by Gasteiger charge is -2.14. The number of hydrogen-bond acceptors (Lipinski definition) is 5. The summed E-state index contributed by atoms with van der Waals surface area (Å²) < 4.78 is 5.93. The molecule has 1 heterocycles. The molecule has 31 heavy (non-hydrogen) atoms. The number of rotatable bonds is 9. The maximum Gasteiger partial charge on any atom is 0.266 e. The highest BCUT2D eigenvalue weighted by atomic mass is 32.2. The molecule has 1 aliphatic heterocycles. The van der Waals surface area contributed by atoms with E-state index in [-0.39, 0.29) is 11.8 Å². The first-order valence-corrected chi connectivity index (χ1v) is 11.6. The predicted octanol–water partition coefficient (Wildman–Crippen LogP) is 5.27. The molecule has 1 aliphatic rings. The van der Waals surface area contributed by atoms with Crippen molar-refractivity contribution in [3.05, 3.63) is 64.6 Å². The Balaban J connectivity index is 1.49. The van der Waals surface area contributed by atoms with E-state index in [0.717, 1.165) is 23.4 Å². The van der Waals surface area contributed by atoms with E-state index in [1.165, 1.54) is 17.3 Å². The van der Waals surface area contributed by atoms with Crippen LogP contribution in [0, 0.1) is 0 Å². The van der Waals surface area contributed by atoms with Gasteiger partial charge < -0.3 is 10.1 Å². The van der Waals surface area contributed by atoms with Crippen LogP contribution in [0.25, 0.3) is 6.08 Å². The molecule has 0 aromatic heterocycles. The molecule has 0 spiro atoms. The van der Waals surface area contributed by atoms with E-state index in [9.17, 15) is 9.59 Å². The molecule has 0 bridgehead atoms. The van der Waals surface area contributed by atoms with E-state index in [2.05, 4.69) is 24.4 Å². The van der Waals surface area contributed by atoms with Crippen molar-refractivity contribution in [1.82, 2.24) is 4.90 Å². The fourth-order valence-corrected chi connectivity index (χ4v) is 4.42. The quantitative estimate of drug-likeness (QED) is 0.413. The monoisotopic (exact) mass is 454 g/mol. The zero-order valence-electron chi connectivity index (χ0n) is 17.7. The van der Waals surface area contributed by atoms with Gasteiger partial charge >= 0.3 is 0 Å². The first-order valence-electron chi connectivity index (χ1n) is 10.4. The lowest BCUT2D eigenvalue weighted by Crippen LogP contribution is -2.29. The third-order valence-electron chi connectivity index (χ3n) is 4.79. The topological polar surface area (TPSA) is 58.6 Å². The summed E-state index contributed by atoms with van der Waals surface area (Å²) >= 11 is 6.69. The van der Waals surface area contributed by atoms with E-state index in [1.807, 2.05) is 49.4 Å². The van der Waals surface area contributed by atoms with Gasteiger partial charge in [-0.1, -0.05) is 55.2 Å². The summed E-state index contributed by atoms with van der Waals surface area (Å²) in [6, 6.07) is 15.4. The molecule has 2 aromatic rings. The van der Waals surface area contributed by atoms with Gasteiger partial charge in [-0.05, 0) is 61.2 Å². The zero-order chi connectivity index (χ0) is 22.2. The molecule has 0 radical (unpaired) electrons. The van der Waals surface area contributed by atoms with Gasteiger partial charge in [-0.3, -0.25) is 14.5 Å². The molecule has 3 rings (SSSR count). The number of ether oxygens (including phenoxy) is 1. The Morgan fingerprint density at radius 1 is 1.13 bits per heavy atom. The highest BCUT2D eigenvalue weighted by Gasteiger charge is 2.31. The fraction of sp³-hybridized carbons (Fsp3) is 0.292. The number of anilines is 1. The standard InChI is InChI=1S/C24H26N2O3S2/c1-3-17-7-9-18(10-8-17)16-21-23(28)26(24(30)31-21)15-5-6-22(27)25-19-11-13-20(14-12-19)29-4-2/h7-14,16H,3-6,15H2,1-2H3,(H,25,27). The highest BCUT2D eigenvalue weighted by molar-refractivity contribution is 8.26. The SMILES string of the molecule is CCOc1ccc(NC(=O)CCCN2C(=O)C(=Cc3ccc(CC)cc3)SC2=S)cc1. The Hall–Kier alpha value is -2.64. The molecule has 1 N–H and O–H groups in total. The number of aryl methyl sites for hydroxylation is 1. The van der Waals surface area contributed by atoms with Crippen LogP contribution in [-0.2, 0) is 16.0 Å². The second-order valence-electron chi connectivity index (χ2n) is 7.04. The van der Waals surface area contributed by atoms with Crippen LogP contribution in [0.5, 0.6) is 5.75 Å². The van der Waals surface area contributed by atoms with Crippen molar-refractivity contribution in [3.63, 3.8) is 0 Å². The number of nitrogens with one attached hydrogen (secondary N) is 1. The molecule has 2 amide bonds. The van der Waals surface area contributed by atoms with Crippen molar-refractivity contribution >= 4 is 51.9 Å². The maximum absolute atomic E-state index is 12.7. The van der Waals surface area contributed by atoms with Crippen molar-refractivity contribution in [2.45, 2.75) is 33.1 Å². The Kier molecular flexibility index (Phi) is 8.26. The summed E-state index contributed by atoms with van der Waals surface area (Å²) in [5, 5.41) is 2.86. The van der Waals surface area contributed by atoms with Crippen molar-refractivity contribution in [1.29, 1.82) is 0 Å². The minimum atomic E-state index is -0.0962. The van der Waals surface area contributed by atoms with E-state index < -0.39 is 0 Å². The minimum Gasteiger partial charge on any atom is -0.494 e. The first-order chi connectivity index (χ1) is 15.0. The molecule has 7 heteroatoms. The molecule has 0 unspecified atom stereocenters. The molecule has 1 fully saturated rings. The van der Waals surface area contributed by atoms with Crippen LogP contribution in [0.2, 0.25) is 0 Å². The predicted molar refractivity (Wildman–Crippen MR) is 131 cm³/mol. The number of carbonyl (C=O) groups is 2. The third kappa shape index (κ3) is 6.42. The van der Waals surface area contributed by atoms with Gasteiger partial charge in [0.2, 0.25) is 5.91 Å². The van der Waals surface area contributed by atoms with Gasteiger partial charge in [0.1, 0.15) is 10.1 Å². The third-order valence-corrected chi connectivity index (χ3v) is 6.17. The van der Waals surface area contributed by atoms with E-state index in [1.54, 1.807) is 4.90 Å². The average molecular weight is 455 g/mol. The number of amides is 2. The molecule has 5 nitrogen and oxygen atoms in total. The largest absolute Gasteiger partial charge is 0.494 e. The Morgan fingerprint density at radius 3 is 2.48 bits per heavy atom. The normalized spacial score (nSPS) is 14.9. The molecule has 0 aliphatic carbocycles. The summed E-state index contributed by atoms with van der Waals surface area (Å²) in [7, 11) is 0. The Morgan fingerprint density at radius 2 is 1.84 bits per heavy atom. The molecule has 0 saturated carbocycles. The highest BCUT2D eigenvalue weighted by Crippen LogP contribution is 2.32. The van der Waals surface area contributed by atoms with Gasteiger partial charge in [0, 0.05) is 18.7 Å². The van der Waals surface area contributed by atoms with Crippen molar-refractivity contribution in [3.8, 4) is 5.75 Å². The number of hydrogen-bond donors (Lipinski definition) is 1. The summed E-state index contributed by atoms with van der Waals surface area (Å²) in [4.78, 5) is 27.2. The van der Waals surface area contributed by atoms with Gasteiger partial charge in [-0.2, -0.15) is 0 Å². The summed E-state index contributed by atoms with van der Waals surface area (Å²) in [5.41, 5.74) is 2.96. The number of thiocarbonyl (C=S) groups is 1. The number of carbonyl (C=O) groups excluding carboxylic acids is 2. The van der Waals surface area contributed by atoms with Gasteiger partial charge in [0.15, 0.2) is 0 Å². The zero-order valence-corrected chi connectivity index (χ0v) is 19.4.